The monoisotopic (exact) mass is 470 g/mol. The lowest BCUT2D eigenvalue weighted by atomic mass is 10.0. The van der Waals surface area contributed by atoms with Gasteiger partial charge in [-0.2, -0.15) is 0 Å². The molecule has 2 amide bonds. The predicted molar refractivity (Wildman–Crippen MR) is 124 cm³/mol. The van der Waals surface area contributed by atoms with Crippen molar-refractivity contribution in [1.29, 1.82) is 0 Å². The Morgan fingerprint density at radius 2 is 2.03 bits per heavy atom. The maximum atomic E-state index is 13.6. The molecule has 0 atom stereocenters. The Bertz CT molecular complexity index is 1180. The van der Waals surface area contributed by atoms with Gasteiger partial charge in [0.15, 0.2) is 11.6 Å². The van der Waals surface area contributed by atoms with Gasteiger partial charge in [0.2, 0.25) is 5.91 Å². The summed E-state index contributed by atoms with van der Waals surface area (Å²) in [7, 11) is 0. The van der Waals surface area contributed by atoms with Crippen molar-refractivity contribution >= 4 is 28.8 Å². The van der Waals surface area contributed by atoms with Gasteiger partial charge in [0.05, 0.1) is 6.61 Å². The number of hydrogen-bond acceptors (Lipinski definition) is 4. The summed E-state index contributed by atoms with van der Waals surface area (Å²) in [5.41, 5.74) is 3.08. The second-order valence-corrected chi connectivity index (χ2v) is 8.90. The highest BCUT2D eigenvalue weighted by molar-refractivity contribution is 7.10. The number of anilines is 1. The third-order valence-corrected chi connectivity index (χ3v) is 6.66. The highest BCUT2D eigenvalue weighted by Gasteiger charge is 2.24. The van der Waals surface area contributed by atoms with E-state index in [9.17, 15) is 18.4 Å². The van der Waals surface area contributed by atoms with E-state index in [1.165, 1.54) is 16.5 Å². The van der Waals surface area contributed by atoms with Crippen LogP contribution >= 0.6 is 11.3 Å². The van der Waals surface area contributed by atoms with Gasteiger partial charge in [-0.25, -0.2) is 8.78 Å². The molecule has 0 aliphatic carbocycles. The maximum absolute atomic E-state index is 13.6. The predicted octanol–water partition coefficient (Wildman–Crippen LogP) is 5.33. The molecule has 5 nitrogen and oxygen atoms in total. The highest BCUT2D eigenvalue weighted by Crippen LogP contribution is 2.27. The van der Waals surface area contributed by atoms with Crippen LogP contribution in [0.2, 0.25) is 0 Å². The number of rotatable bonds is 7. The van der Waals surface area contributed by atoms with E-state index in [1.807, 2.05) is 11.8 Å². The second-order valence-electron chi connectivity index (χ2n) is 7.90. The Morgan fingerprint density at radius 1 is 1.18 bits per heavy atom. The number of thiophene rings is 1. The molecule has 4 rings (SSSR count). The van der Waals surface area contributed by atoms with Crippen LogP contribution in [-0.4, -0.2) is 29.9 Å². The van der Waals surface area contributed by atoms with E-state index in [4.69, 9.17) is 4.74 Å². The average Bonchev–Trinajstić information content (AvgIpc) is 3.27. The summed E-state index contributed by atoms with van der Waals surface area (Å²) in [4.78, 5) is 28.7. The first kappa shape index (κ1) is 22.9. The Kier molecular flexibility index (Phi) is 7.03. The molecule has 2 aromatic carbocycles. The van der Waals surface area contributed by atoms with E-state index in [-0.39, 0.29) is 30.6 Å². The molecule has 0 radical (unpaired) electrons. The number of carbonyl (C=O) groups excluding carboxylic acids is 2. The zero-order valence-electron chi connectivity index (χ0n) is 18.2. The summed E-state index contributed by atoms with van der Waals surface area (Å²) in [6.45, 7) is 3.22. The lowest BCUT2D eigenvalue weighted by molar-refractivity contribution is -0.116. The first-order valence-electron chi connectivity index (χ1n) is 10.7. The minimum Gasteiger partial charge on any atom is -0.491 e. The normalized spacial score (nSPS) is 12.9. The fraction of sp³-hybridized carbons (Fsp3) is 0.280. The molecular weight excluding hydrogens is 446 g/mol. The van der Waals surface area contributed by atoms with Gasteiger partial charge in [0.25, 0.3) is 5.91 Å². The largest absolute Gasteiger partial charge is 0.491 e. The van der Waals surface area contributed by atoms with E-state index in [1.54, 1.807) is 29.5 Å². The smallest absolute Gasteiger partial charge is 0.254 e. The molecule has 172 valence electrons. The summed E-state index contributed by atoms with van der Waals surface area (Å²) < 4.78 is 31.8. The Morgan fingerprint density at radius 3 is 2.85 bits per heavy atom. The maximum Gasteiger partial charge on any atom is 0.254 e. The molecule has 0 spiro atoms. The number of nitrogens with one attached hydrogen (secondary N) is 1. The van der Waals surface area contributed by atoms with E-state index >= 15 is 0 Å². The van der Waals surface area contributed by atoms with Crippen LogP contribution in [0.3, 0.4) is 0 Å². The van der Waals surface area contributed by atoms with Gasteiger partial charge in [-0.3, -0.25) is 9.59 Å². The molecule has 1 aliphatic heterocycles. The molecule has 0 saturated carbocycles. The van der Waals surface area contributed by atoms with Crippen LogP contribution in [-0.2, 0) is 17.8 Å². The van der Waals surface area contributed by atoms with Crippen LogP contribution in [0.4, 0.5) is 14.5 Å². The van der Waals surface area contributed by atoms with Gasteiger partial charge >= 0.3 is 0 Å². The molecule has 8 heteroatoms. The molecule has 3 aromatic rings. The summed E-state index contributed by atoms with van der Waals surface area (Å²) in [6, 6.07) is 10.5. The second kappa shape index (κ2) is 10.1. The van der Waals surface area contributed by atoms with Gasteiger partial charge in [-0.05, 0) is 66.6 Å². The van der Waals surface area contributed by atoms with E-state index < -0.39 is 11.6 Å². The molecule has 1 N–H and O–H groups in total. The lowest BCUT2D eigenvalue weighted by Crippen LogP contribution is -2.35. The molecule has 0 bridgehead atoms. The molecule has 1 aromatic heterocycles. The van der Waals surface area contributed by atoms with Crippen molar-refractivity contribution in [1.82, 2.24) is 4.90 Å². The van der Waals surface area contributed by atoms with Crippen LogP contribution in [0.25, 0.3) is 0 Å². The first-order chi connectivity index (χ1) is 15.9. The van der Waals surface area contributed by atoms with Crippen LogP contribution in [0, 0.1) is 18.6 Å². The fourth-order valence-electron chi connectivity index (χ4n) is 3.81. The zero-order valence-corrected chi connectivity index (χ0v) is 19.0. The topological polar surface area (TPSA) is 58.6 Å². The van der Waals surface area contributed by atoms with Crippen molar-refractivity contribution < 1.29 is 23.1 Å². The summed E-state index contributed by atoms with van der Waals surface area (Å²) in [5.74, 6) is -1.78. The van der Waals surface area contributed by atoms with E-state index in [0.29, 0.717) is 30.8 Å². The van der Waals surface area contributed by atoms with Crippen molar-refractivity contribution in [3.8, 4) is 5.75 Å². The van der Waals surface area contributed by atoms with Crippen molar-refractivity contribution in [3.63, 3.8) is 0 Å². The van der Waals surface area contributed by atoms with Crippen LogP contribution < -0.4 is 10.1 Å². The quantitative estimate of drug-likeness (QED) is 0.475. The molecule has 33 heavy (non-hydrogen) atoms. The summed E-state index contributed by atoms with van der Waals surface area (Å²) >= 11 is 1.73. The summed E-state index contributed by atoms with van der Waals surface area (Å²) in [6.07, 6.45) is 1.38. The number of fused-ring (bicyclic) bond motifs is 1. The Labute approximate surface area is 195 Å². The Balaban J connectivity index is 1.31. The van der Waals surface area contributed by atoms with Crippen molar-refractivity contribution in [2.24, 2.45) is 0 Å². The number of hydrogen-bond donors (Lipinski definition) is 1. The van der Waals surface area contributed by atoms with Crippen LogP contribution in [0.5, 0.6) is 5.75 Å². The van der Waals surface area contributed by atoms with E-state index in [0.717, 1.165) is 24.1 Å². The third kappa shape index (κ3) is 5.39. The molecule has 0 unspecified atom stereocenters. The van der Waals surface area contributed by atoms with Gasteiger partial charge in [0.1, 0.15) is 5.82 Å². The zero-order chi connectivity index (χ0) is 23.4. The van der Waals surface area contributed by atoms with Gasteiger partial charge in [0, 0.05) is 41.7 Å². The molecule has 0 saturated heterocycles. The van der Waals surface area contributed by atoms with Crippen LogP contribution in [0.1, 0.15) is 39.2 Å². The van der Waals surface area contributed by atoms with E-state index in [2.05, 4.69) is 16.8 Å². The fourth-order valence-corrected chi connectivity index (χ4v) is 4.70. The number of halogens is 2. The average molecular weight is 471 g/mol. The summed E-state index contributed by atoms with van der Waals surface area (Å²) in [5, 5.41) is 4.91. The molecule has 1 aliphatic rings. The number of ether oxygens (including phenoxy) is 1. The number of benzene rings is 2. The first-order valence-corrected chi connectivity index (χ1v) is 11.6. The van der Waals surface area contributed by atoms with Crippen LogP contribution in [0.15, 0.2) is 47.8 Å². The van der Waals surface area contributed by atoms with Gasteiger partial charge in [-0.1, -0.05) is 6.07 Å². The lowest BCUT2D eigenvalue weighted by Gasteiger charge is -2.28. The minimum absolute atomic E-state index is 0.0461. The number of amides is 2. The number of nitrogens with zero attached hydrogens (tertiary/aromatic N) is 1. The minimum atomic E-state index is -0.777. The number of carbonyl (C=O) groups is 2. The standard InChI is InChI=1S/C25H24F2N2O3S/c1-16-19(25(31)29-11-9-23-17(15-29)10-13-33-23)4-2-5-21(16)28-24(30)6-3-12-32-22-8-7-18(26)14-20(22)27/h2,4-5,7-8,10,13-14H,3,6,9,11-12,15H2,1H3,(H,28,30). The van der Waals surface area contributed by atoms with Crippen molar-refractivity contribution in [3.05, 3.63) is 81.0 Å². The van der Waals surface area contributed by atoms with Crippen molar-refractivity contribution in [2.45, 2.75) is 32.7 Å². The molecule has 0 fully saturated rings. The molecule has 2 heterocycles. The van der Waals surface area contributed by atoms with Gasteiger partial charge < -0.3 is 15.0 Å². The highest BCUT2D eigenvalue weighted by atomic mass is 32.1. The van der Waals surface area contributed by atoms with Gasteiger partial charge in [-0.15, -0.1) is 11.3 Å². The molecular formula is C25H24F2N2O3S. The third-order valence-electron chi connectivity index (χ3n) is 5.63. The SMILES string of the molecule is Cc1c(NC(=O)CCCOc2ccc(F)cc2F)cccc1C(=O)N1CCc2sccc2C1. The van der Waals surface area contributed by atoms with Crippen molar-refractivity contribution in [2.75, 3.05) is 18.5 Å². The Hall–Kier alpha value is -3.26.